The summed E-state index contributed by atoms with van der Waals surface area (Å²) in [5, 5.41) is 9.53. The van der Waals surface area contributed by atoms with E-state index in [1.54, 1.807) is 7.11 Å². The molecule has 0 spiro atoms. The molecule has 1 atom stereocenters. The van der Waals surface area contributed by atoms with Crippen molar-refractivity contribution in [1.29, 1.82) is 0 Å². The van der Waals surface area contributed by atoms with Gasteiger partial charge in [0, 0.05) is 13.7 Å². The first-order valence-corrected chi connectivity index (χ1v) is 6.01. The number of ether oxygens (including phenoxy) is 3. The highest BCUT2D eigenvalue weighted by Gasteiger charge is 2.07. The van der Waals surface area contributed by atoms with E-state index in [0.717, 1.165) is 12.8 Å². The summed E-state index contributed by atoms with van der Waals surface area (Å²) in [7, 11) is 1.65. The highest BCUT2D eigenvalue weighted by molar-refractivity contribution is 4.59. The van der Waals surface area contributed by atoms with Gasteiger partial charge in [-0.25, -0.2) is 0 Å². The minimum Gasteiger partial charge on any atom is -0.393 e. The highest BCUT2D eigenvalue weighted by Crippen LogP contribution is 2.07. The van der Waals surface area contributed by atoms with Gasteiger partial charge in [0.15, 0.2) is 0 Å². The molecule has 1 unspecified atom stereocenters. The van der Waals surface area contributed by atoms with Gasteiger partial charge in [-0.15, -0.1) is 0 Å². The minimum absolute atomic E-state index is 0.207. The number of methoxy groups -OCH3 is 1. The van der Waals surface area contributed by atoms with E-state index in [4.69, 9.17) is 14.2 Å². The maximum atomic E-state index is 9.53. The fourth-order valence-electron chi connectivity index (χ4n) is 1.19. The average Bonchev–Trinajstić information content (AvgIpc) is 2.26. The molecule has 4 heteroatoms. The Kier molecular flexibility index (Phi) is 11.2. The second kappa shape index (κ2) is 11.3. The van der Waals surface area contributed by atoms with Crippen molar-refractivity contribution in [1.82, 2.24) is 0 Å². The molecule has 0 amide bonds. The fraction of sp³-hybridized carbons (Fsp3) is 1.00. The van der Waals surface area contributed by atoms with Crippen LogP contribution in [-0.4, -0.2) is 51.4 Å². The summed E-state index contributed by atoms with van der Waals surface area (Å²) >= 11 is 0. The Morgan fingerprint density at radius 2 is 1.50 bits per heavy atom. The van der Waals surface area contributed by atoms with Crippen LogP contribution >= 0.6 is 0 Å². The van der Waals surface area contributed by atoms with Gasteiger partial charge in [-0.1, -0.05) is 13.8 Å². The van der Waals surface area contributed by atoms with Gasteiger partial charge >= 0.3 is 0 Å². The normalized spacial score (nSPS) is 13.3. The van der Waals surface area contributed by atoms with Crippen molar-refractivity contribution < 1.29 is 19.3 Å². The van der Waals surface area contributed by atoms with Crippen LogP contribution in [0.2, 0.25) is 0 Å². The molecule has 1 N–H and O–H groups in total. The summed E-state index contributed by atoms with van der Waals surface area (Å²) in [5.74, 6) is 0.331. The molecule has 0 aromatic heterocycles. The molecule has 0 heterocycles. The van der Waals surface area contributed by atoms with Gasteiger partial charge < -0.3 is 19.3 Å². The lowest BCUT2D eigenvalue weighted by atomic mass is 10.0. The number of rotatable bonds is 11. The van der Waals surface area contributed by atoms with Crippen LogP contribution in [0.5, 0.6) is 0 Å². The minimum atomic E-state index is -0.207. The third-order valence-electron chi connectivity index (χ3n) is 2.36. The molecule has 0 aromatic rings. The van der Waals surface area contributed by atoms with Crippen molar-refractivity contribution in [3.8, 4) is 0 Å². The second-order valence-corrected chi connectivity index (χ2v) is 4.17. The van der Waals surface area contributed by atoms with Crippen molar-refractivity contribution >= 4 is 0 Å². The Morgan fingerprint density at radius 3 is 2.06 bits per heavy atom. The quantitative estimate of drug-likeness (QED) is 0.550. The molecular weight excluding hydrogens is 208 g/mol. The zero-order chi connectivity index (χ0) is 12.2. The predicted molar refractivity (Wildman–Crippen MR) is 63.6 cm³/mol. The summed E-state index contributed by atoms with van der Waals surface area (Å²) in [6.07, 6.45) is 1.50. The van der Waals surface area contributed by atoms with Gasteiger partial charge in [0.25, 0.3) is 0 Å². The molecule has 0 saturated carbocycles. The van der Waals surface area contributed by atoms with E-state index >= 15 is 0 Å². The van der Waals surface area contributed by atoms with Crippen molar-refractivity contribution in [3.63, 3.8) is 0 Å². The number of hydrogen-bond donors (Lipinski definition) is 1. The van der Waals surface area contributed by atoms with Crippen LogP contribution in [-0.2, 0) is 14.2 Å². The molecule has 0 aliphatic carbocycles. The molecule has 0 aliphatic heterocycles. The summed E-state index contributed by atoms with van der Waals surface area (Å²) in [6.45, 7) is 7.20. The summed E-state index contributed by atoms with van der Waals surface area (Å²) in [4.78, 5) is 0. The molecule has 0 bridgehead atoms. The standard InChI is InChI=1S/C12H26O4/c1-11(2)12(13)5-4-6-15-9-10-16-8-7-14-3/h11-13H,4-10H2,1-3H3. The van der Waals surface area contributed by atoms with Gasteiger partial charge in [0.05, 0.1) is 32.5 Å². The zero-order valence-electron chi connectivity index (χ0n) is 10.8. The molecule has 0 aliphatic rings. The molecule has 16 heavy (non-hydrogen) atoms. The molecule has 0 radical (unpaired) electrons. The van der Waals surface area contributed by atoms with Gasteiger partial charge in [-0.05, 0) is 18.8 Å². The van der Waals surface area contributed by atoms with Crippen molar-refractivity contribution in [2.24, 2.45) is 5.92 Å². The fourth-order valence-corrected chi connectivity index (χ4v) is 1.19. The van der Waals surface area contributed by atoms with E-state index < -0.39 is 0 Å². The van der Waals surface area contributed by atoms with Crippen LogP contribution in [0.1, 0.15) is 26.7 Å². The molecule has 0 rings (SSSR count). The van der Waals surface area contributed by atoms with E-state index in [1.807, 2.05) is 13.8 Å². The molecule has 0 fully saturated rings. The average molecular weight is 234 g/mol. The van der Waals surface area contributed by atoms with Gasteiger partial charge in [0.1, 0.15) is 0 Å². The Hall–Kier alpha value is -0.160. The monoisotopic (exact) mass is 234 g/mol. The Labute approximate surface area is 98.9 Å². The van der Waals surface area contributed by atoms with Crippen molar-refractivity contribution in [2.45, 2.75) is 32.8 Å². The van der Waals surface area contributed by atoms with E-state index in [-0.39, 0.29) is 6.10 Å². The van der Waals surface area contributed by atoms with Crippen LogP contribution in [0, 0.1) is 5.92 Å². The first-order valence-electron chi connectivity index (χ1n) is 6.01. The van der Waals surface area contributed by atoms with Crippen LogP contribution in [0.25, 0.3) is 0 Å². The van der Waals surface area contributed by atoms with Gasteiger partial charge in [0.2, 0.25) is 0 Å². The van der Waals surface area contributed by atoms with E-state index in [2.05, 4.69) is 0 Å². The van der Waals surface area contributed by atoms with Crippen LogP contribution in [0.4, 0.5) is 0 Å². The van der Waals surface area contributed by atoms with Gasteiger partial charge in [-0.2, -0.15) is 0 Å². The third-order valence-corrected chi connectivity index (χ3v) is 2.36. The van der Waals surface area contributed by atoms with Crippen molar-refractivity contribution in [2.75, 3.05) is 40.1 Å². The first-order chi connectivity index (χ1) is 7.68. The van der Waals surface area contributed by atoms with Crippen molar-refractivity contribution in [3.05, 3.63) is 0 Å². The maximum Gasteiger partial charge on any atom is 0.0701 e. The smallest absolute Gasteiger partial charge is 0.0701 e. The Balaban J connectivity index is 3.04. The van der Waals surface area contributed by atoms with Gasteiger partial charge in [-0.3, -0.25) is 0 Å². The number of hydrogen-bond acceptors (Lipinski definition) is 4. The molecule has 0 aromatic carbocycles. The SMILES string of the molecule is COCCOCCOCCCC(O)C(C)C. The summed E-state index contributed by atoms with van der Waals surface area (Å²) < 4.78 is 15.4. The zero-order valence-corrected chi connectivity index (χ0v) is 10.8. The van der Waals surface area contributed by atoms with E-state index in [0.29, 0.717) is 39.0 Å². The van der Waals surface area contributed by atoms with Crippen LogP contribution in [0.15, 0.2) is 0 Å². The summed E-state index contributed by atoms with van der Waals surface area (Å²) in [5.41, 5.74) is 0. The Bertz CT molecular complexity index is 139. The molecular formula is C12H26O4. The van der Waals surface area contributed by atoms with Crippen LogP contribution < -0.4 is 0 Å². The van der Waals surface area contributed by atoms with E-state index in [1.165, 1.54) is 0 Å². The van der Waals surface area contributed by atoms with Crippen LogP contribution in [0.3, 0.4) is 0 Å². The number of aliphatic hydroxyl groups excluding tert-OH is 1. The topological polar surface area (TPSA) is 47.9 Å². The number of aliphatic hydroxyl groups is 1. The largest absolute Gasteiger partial charge is 0.393 e. The molecule has 4 nitrogen and oxygen atoms in total. The maximum absolute atomic E-state index is 9.53. The Morgan fingerprint density at radius 1 is 0.938 bits per heavy atom. The first kappa shape index (κ1) is 15.8. The lowest BCUT2D eigenvalue weighted by Gasteiger charge is -2.13. The predicted octanol–water partition coefficient (Wildman–Crippen LogP) is 1.46. The second-order valence-electron chi connectivity index (χ2n) is 4.17. The lowest BCUT2D eigenvalue weighted by Crippen LogP contribution is -2.15. The summed E-state index contributed by atoms with van der Waals surface area (Å²) in [6, 6.07) is 0. The molecule has 98 valence electrons. The third kappa shape index (κ3) is 10.4. The molecule has 0 saturated heterocycles. The van der Waals surface area contributed by atoms with E-state index in [9.17, 15) is 5.11 Å². The lowest BCUT2D eigenvalue weighted by molar-refractivity contribution is 0.0204. The highest BCUT2D eigenvalue weighted by atomic mass is 16.5.